The van der Waals surface area contributed by atoms with E-state index in [9.17, 15) is 4.39 Å². The van der Waals surface area contributed by atoms with Crippen molar-refractivity contribution in [3.63, 3.8) is 0 Å². The van der Waals surface area contributed by atoms with Crippen LogP contribution in [0.15, 0.2) is 48.1 Å². The molecule has 1 aliphatic heterocycles. The van der Waals surface area contributed by atoms with Crippen molar-refractivity contribution >= 4 is 16.9 Å². The number of nitrogens with zero attached hydrogens (tertiary/aromatic N) is 4. The van der Waals surface area contributed by atoms with Crippen molar-refractivity contribution in [2.45, 2.75) is 25.8 Å². The lowest BCUT2D eigenvalue weighted by atomic mass is 9.93. The van der Waals surface area contributed by atoms with Gasteiger partial charge in [0.2, 0.25) is 0 Å². The highest BCUT2D eigenvalue weighted by atomic mass is 19.1. The third-order valence-electron chi connectivity index (χ3n) is 5.74. The Morgan fingerprint density at radius 2 is 2.32 bits per heavy atom. The molecule has 0 saturated carbocycles. The smallest absolute Gasteiger partial charge is 0.193 e. The van der Waals surface area contributed by atoms with Gasteiger partial charge in [0.25, 0.3) is 0 Å². The predicted molar refractivity (Wildman–Crippen MR) is 110 cm³/mol. The maximum absolute atomic E-state index is 13.4. The van der Waals surface area contributed by atoms with Crippen LogP contribution in [0.25, 0.3) is 10.9 Å². The number of fused-ring (bicyclic) bond motifs is 1. The average molecular weight is 382 g/mol. The molecule has 4 rings (SSSR count). The highest BCUT2D eigenvalue weighted by molar-refractivity contribution is 5.83. The van der Waals surface area contributed by atoms with Crippen LogP contribution in [0.1, 0.15) is 24.9 Å². The molecule has 0 spiro atoms. The number of halogens is 1. The summed E-state index contributed by atoms with van der Waals surface area (Å²) in [7, 11) is 1.83. The van der Waals surface area contributed by atoms with E-state index in [1.165, 1.54) is 17.7 Å². The highest BCUT2D eigenvalue weighted by Gasteiger charge is 2.28. The normalized spacial score (nSPS) is 20.7. The molecule has 1 saturated heterocycles. The molecule has 1 aromatic carbocycles. The van der Waals surface area contributed by atoms with Gasteiger partial charge in [0.15, 0.2) is 5.96 Å². The zero-order valence-corrected chi connectivity index (χ0v) is 16.4. The van der Waals surface area contributed by atoms with Gasteiger partial charge in [-0.1, -0.05) is 6.92 Å². The van der Waals surface area contributed by atoms with Crippen LogP contribution in [-0.4, -0.2) is 52.1 Å². The lowest BCUT2D eigenvalue weighted by molar-refractivity contribution is 0.189. The van der Waals surface area contributed by atoms with Crippen molar-refractivity contribution in [3.05, 3.63) is 54.5 Å². The number of hydrogen-bond donors (Lipinski definition) is 2. The fourth-order valence-electron chi connectivity index (χ4n) is 4.10. The Labute approximate surface area is 164 Å². The van der Waals surface area contributed by atoms with Gasteiger partial charge in [-0.25, -0.2) is 9.37 Å². The second-order valence-electron chi connectivity index (χ2n) is 7.52. The molecule has 1 aliphatic rings. The van der Waals surface area contributed by atoms with Crippen LogP contribution in [-0.2, 0) is 6.42 Å². The molecular formula is C21H27FN6. The monoisotopic (exact) mass is 382 g/mol. The van der Waals surface area contributed by atoms with Crippen molar-refractivity contribution in [2.24, 2.45) is 10.9 Å². The Kier molecular flexibility index (Phi) is 5.32. The number of aromatic nitrogens is 3. The summed E-state index contributed by atoms with van der Waals surface area (Å²) < 4.78 is 15.6. The fourth-order valence-corrected chi connectivity index (χ4v) is 4.10. The number of aromatic amines is 1. The number of H-pyrrole nitrogens is 1. The lowest BCUT2D eigenvalue weighted by Crippen LogP contribution is -2.49. The molecule has 2 unspecified atom stereocenters. The molecule has 3 aromatic rings. The van der Waals surface area contributed by atoms with Crippen LogP contribution in [0.4, 0.5) is 4.39 Å². The number of nitrogens with one attached hydrogen (secondary N) is 2. The second-order valence-corrected chi connectivity index (χ2v) is 7.52. The lowest BCUT2D eigenvalue weighted by Gasteiger charge is -2.39. The molecule has 2 N–H and O–H groups in total. The van der Waals surface area contributed by atoms with Gasteiger partial charge in [-0.15, -0.1) is 0 Å². The van der Waals surface area contributed by atoms with Crippen LogP contribution < -0.4 is 5.32 Å². The first-order valence-corrected chi connectivity index (χ1v) is 9.84. The van der Waals surface area contributed by atoms with Gasteiger partial charge in [-0.3, -0.25) is 4.99 Å². The summed E-state index contributed by atoms with van der Waals surface area (Å²) in [6.45, 7) is 5.00. The van der Waals surface area contributed by atoms with Crippen LogP contribution in [0.5, 0.6) is 0 Å². The molecule has 2 atom stereocenters. The van der Waals surface area contributed by atoms with E-state index < -0.39 is 0 Å². The van der Waals surface area contributed by atoms with Crippen molar-refractivity contribution < 1.29 is 4.39 Å². The van der Waals surface area contributed by atoms with Gasteiger partial charge in [0.05, 0.1) is 12.4 Å². The molecule has 0 amide bonds. The number of rotatable bonds is 4. The van der Waals surface area contributed by atoms with E-state index in [2.05, 4.69) is 36.7 Å². The predicted octanol–water partition coefficient (Wildman–Crippen LogP) is 3.20. The Bertz CT molecular complexity index is 945. The van der Waals surface area contributed by atoms with Gasteiger partial charge in [-0.05, 0) is 42.5 Å². The minimum Gasteiger partial charge on any atom is -0.361 e. The number of hydrogen-bond acceptors (Lipinski definition) is 2. The maximum atomic E-state index is 13.4. The van der Waals surface area contributed by atoms with Crippen molar-refractivity contribution in [2.75, 3.05) is 26.7 Å². The summed E-state index contributed by atoms with van der Waals surface area (Å²) in [6.07, 6.45) is 9.72. The maximum Gasteiger partial charge on any atom is 0.193 e. The quantitative estimate of drug-likeness (QED) is 0.538. The average Bonchev–Trinajstić information content (AvgIpc) is 3.36. The topological polar surface area (TPSA) is 61.2 Å². The number of guanidine groups is 1. The molecule has 7 heteroatoms. The summed E-state index contributed by atoms with van der Waals surface area (Å²) in [5.41, 5.74) is 2.02. The molecule has 148 valence electrons. The summed E-state index contributed by atoms with van der Waals surface area (Å²) in [5, 5.41) is 4.57. The number of benzene rings is 1. The van der Waals surface area contributed by atoms with Crippen LogP contribution in [0, 0.1) is 11.7 Å². The standard InChI is InChI=1S/C21H27FN6/c1-15-6-9-27(13-20(15)28-10-8-24-14-28)21(23-2)25-7-5-16-12-26-19-11-17(22)3-4-18(16)19/h3-4,8,10-12,14-15,20,26H,5-7,9,13H2,1-2H3,(H,23,25). The largest absolute Gasteiger partial charge is 0.361 e. The minimum atomic E-state index is -0.216. The van der Waals surface area contributed by atoms with Gasteiger partial charge in [0.1, 0.15) is 5.82 Å². The zero-order chi connectivity index (χ0) is 19.5. The molecule has 1 fully saturated rings. The Balaban J connectivity index is 1.38. The molecule has 0 radical (unpaired) electrons. The Morgan fingerprint density at radius 1 is 1.43 bits per heavy atom. The third-order valence-corrected chi connectivity index (χ3v) is 5.74. The number of imidazole rings is 1. The van der Waals surface area contributed by atoms with E-state index in [0.29, 0.717) is 12.0 Å². The van der Waals surface area contributed by atoms with E-state index in [1.54, 1.807) is 0 Å². The summed E-state index contributed by atoms with van der Waals surface area (Å²) in [4.78, 5) is 14.2. The van der Waals surface area contributed by atoms with E-state index in [0.717, 1.165) is 49.3 Å². The van der Waals surface area contributed by atoms with Gasteiger partial charge >= 0.3 is 0 Å². The first kappa shape index (κ1) is 18.5. The molecule has 3 heterocycles. The van der Waals surface area contributed by atoms with Crippen LogP contribution in [0.3, 0.4) is 0 Å². The zero-order valence-electron chi connectivity index (χ0n) is 16.4. The number of aliphatic imine (C=N–C) groups is 1. The van der Waals surface area contributed by atoms with Gasteiger partial charge in [0, 0.05) is 56.2 Å². The fraction of sp³-hybridized carbons (Fsp3) is 0.429. The number of piperidine rings is 1. The highest BCUT2D eigenvalue weighted by Crippen LogP contribution is 2.27. The van der Waals surface area contributed by atoms with E-state index in [1.807, 2.05) is 38.0 Å². The van der Waals surface area contributed by atoms with E-state index in [4.69, 9.17) is 0 Å². The van der Waals surface area contributed by atoms with Crippen molar-refractivity contribution in [1.82, 2.24) is 24.8 Å². The van der Waals surface area contributed by atoms with E-state index in [-0.39, 0.29) is 5.82 Å². The Morgan fingerprint density at radius 3 is 3.11 bits per heavy atom. The summed E-state index contributed by atoms with van der Waals surface area (Å²) >= 11 is 0. The minimum absolute atomic E-state index is 0.216. The first-order valence-electron chi connectivity index (χ1n) is 9.84. The van der Waals surface area contributed by atoms with Crippen LogP contribution >= 0.6 is 0 Å². The molecule has 2 aromatic heterocycles. The molecule has 0 bridgehead atoms. The summed E-state index contributed by atoms with van der Waals surface area (Å²) in [5.74, 6) is 1.32. The summed E-state index contributed by atoms with van der Waals surface area (Å²) in [6, 6.07) is 5.29. The van der Waals surface area contributed by atoms with Crippen molar-refractivity contribution in [3.8, 4) is 0 Å². The number of likely N-dealkylation sites (tertiary alicyclic amines) is 1. The molecular weight excluding hydrogens is 355 g/mol. The molecule has 28 heavy (non-hydrogen) atoms. The van der Waals surface area contributed by atoms with Crippen LogP contribution in [0.2, 0.25) is 0 Å². The van der Waals surface area contributed by atoms with Gasteiger partial charge < -0.3 is 19.8 Å². The third kappa shape index (κ3) is 3.74. The SMILES string of the molecule is CN=C(NCCc1c[nH]c2cc(F)ccc12)N1CCC(C)C(n2ccnc2)C1. The second kappa shape index (κ2) is 8.04. The van der Waals surface area contributed by atoms with E-state index >= 15 is 0 Å². The van der Waals surface area contributed by atoms with Crippen molar-refractivity contribution in [1.29, 1.82) is 0 Å². The first-order chi connectivity index (χ1) is 13.7. The Hall–Kier alpha value is -2.83. The van der Waals surface area contributed by atoms with Gasteiger partial charge in [-0.2, -0.15) is 0 Å². The molecule has 0 aliphatic carbocycles. The molecule has 6 nitrogen and oxygen atoms in total.